The van der Waals surface area contributed by atoms with Crippen molar-refractivity contribution < 1.29 is 38.0 Å². The predicted octanol–water partition coefficient (Wildman–Crippen LogP) is 0.951. The second kappa shape index (κ2) is 13.2. The first kappa shape index (κ1) is 35.8. The first-order valence-electron chi connectivity index (χ1n) is 14.6. The van der Waals surface area contributed by atoms with Crippen LogP contribution in [0.4, 0.5) is 9.93 Å². The van der Waals surface area contributed by atoms with E-state index in [0.29, 0.717) is 12.1 Å². The van der Waals surface area contributed by atoms with Gasteiger partial charge in [0.15, 0.2) is 16.9 Å². The summed E-state index contributed by atoms with van der Waals surface area (Å²) in [7, 11) is 1.59. The number of rotatable bonds is 9. The van der Waals surface area contributed by atoms with Crippen LogP contribution in [0.3, 0.4) is 0 Å². The second-order valence-corrected chi connectivity index (χ2v) is 15.6. The van der Waals surface area contributed by atoms with Gasteiger partial charge in [0.25, 0.3) is 19.8 Å². The van der Waals surface area contributed by atoms with Crippen LogP contribution in [-0.4, -0.2) is 106 Å². The van der Waals surface area contributed by atoms with E-state index in [1.165, 1.54) is 28.8 Å². The molecule has 0 aromatic carbocycles. The van der Waals surface area contributed by atoms with Gasteiger partial charge in [-0.05, 0) is 73.0 Å². The minimum atomic E-state index is -1.64. The summed E-state index contributed by atoms with van der Waals surface area (Å²) >= 11 is -0.599. The molecule has 0 spiro atoms. The molecule has 2 aromatic heterocycles. The fourth-order valence-electron chi connectivity index (χ4n) is 4.36. The molecule has 4 heterocycles. The number of aromatic nitrogens is 5. The van der Waals surface area contributed by atoms with E-state index < -0.39 is 69.0 Å². The lowest BCUT2D eigenvalue weighted by Crippen LogP contribution is -2.74. The number of tetrazole rings is 1. The van der Waals surface area contributed by atoms with Gasteiger partial charge < -0.3 is 24.2 Å². The standard InChI is InChI=1S/C27H38BN9O8S2/c1-10-13-12-47(42)21-16(20(39)36(21)17(13)18-32-35-37(28)33-18)30-19(38)15(34-45-27(8,9)22(40)43-25(2,3)4)14-11-46-23(29-14)31-24(41)44-26(5,6)7/h11,16,21H,10,12,28H2,1-9H3,(H,30,38)(H,29,31,41)/b34-15-/t16-,21-,47?/m1/s1. The number of nitrogens with zero attached hydrogens (tertiary/aromatic N) is 7. The van der Waals surface area contributed by atoms with E-state index in [1.54, 1.807) is 49.5 Å². The van der Waals surface area contributed by atoms with Crippen molar-refractivity contribution in [3.8, 4) is 0 Å². The molecule has 17 nitrogen and oxygen atoms in total. The smallest absolute Gasteiger partial charge is 0.413 e. The Bertz CT molecular complexity index is 1630. The Balaban J connectivity index is 1.62. The van der Waals surface area contributed by atoms with E-state index in [-0.39, 0.29) is 22.4 Å². The van der Waals surface area contributed by atoms with Crippen molar-refractivity contribution in [1.82, 2.24) is 35.3 Å². The Morgan fingerprint density at radius 2 is 1.81 bits per heavy atom. The average Bonchev–Trinajstić information content (AvgIpc) is 3.57. The van der Waals surface area contributed by atoms with Crippen molar-refractivity contribution in [2.45, 2.75) is 97.0 Å². The van der Waals surface area contributed by atoms with Crippen LogP contribution in [0.2, 0.25) is 0 Å². The SMILES string of the molecule is Bn1nnc(C2=C(CC)C[S+]([O-])[C@@H]3[C@H](NC(=O)/C(=N\OC(C)(C)C(=O)OC(C)(C)C)c4csc(NC(=O)OC(C)(C)C)n4)C(=O)N23)n1. The van der Waals surface area contributed by atoms with Gasteiger partial charge in [-0.25, -0.2) is 19.3 Å². The van der Waals surface area contributed by atoms with E-state index in [2.05, 4.69) is 36.2 Å². The molecule has 47 heavy (non-hydrogen) atoms. The van der Waals surface area contributed by atoms with Crippen molar-refractivity contribution >= 4 is 70.9 Å². The topological polar surface area (TPSA) is 215 Å². The molecule has 20 heteroatoms. The lowest BCUT2D eigenvalue weighted by Gasteiger charge is -2.49. The van der Waals surface area contributed by atoms with Gasteiger partial charge in [-0.2, -0.15) is 0 Å². The number of oxime groups is 1. The highest BCUT2D eigenvalue weighted by Crippen LogP contribution is 2.41. The summed E-state index contributed by atoms with van der Waals surface area (Å²) in [6.07, 6.45) is -0.269. The lowest BCUT2D eigenvalue weighted by atomic mass is 10.0. The van der Waals surface area contributed by atoms with Crippen LogP contribution >= 0.6 is 11.3 Å². The molecule has 0 bridgehead atoms. The number of anilines is 1. The van der Waals surface area contributed by atoms with Crippen LogP contribution < -0.4 is 10.6 Å². The quantitative estimate of drug-likeness (QED) is 0.0939. The molecule has 1 fully saturated rings. The van der Waals surface area contributed by atoms with Crippen LogP contribution in [0.5, 0.6) is 0 Å². The normalized spacial score (nSPS) is 20.3. The third-order valence-corrected chi connectivity index (χ3v) is 8.88. The second-order valence-electron chi connectivity index (χ2n) is 13.2. The van der Waals surface area contributed by atoms with Crippen LogP contribution in [0.25, 0.3) is 5.70 Å². The van der Waals surface area contributed by atoms with Crippen molar-refractivity contribution in [2.24, 2.45) is 5.16 Å². The number of amides is 3. The number of esters is 1. The van der Waals surface area contributed by atoms with Crippen LogP contribution in [0, 0.1) is 0 Å². The summed E-state index contributed by atoms with van der Waals surface area (Å²) in [5.74, 6) is -1.84. The van der Waals surface area contributed by atoms with Gasteiger partial charge in [0.05, 0.1) is 0 Å². The Morgan fingerprint density at radius 1 is 1.15 bits per heavy atom. The minimum absolute atomic E-state index is 0.0374. The Kier molecular flexibility index (Phi) is 10.1. The molecule has 1 unspecified atom stereocenters. The molecule has 3 atom stereocenters. The minimum Gasteiger partial charge on any atom is -0.614 e. The highest BCUT2D eigenvalue weighted by Gasteiger charge is 2.60. The lowest BCUT2D eigenvalue weighted by molar-refractivity contribution is -0.179. The molecule has 2 N–H and O–H groups in total. The van der Waals surface area contributed by atoms with E-state index in [4.69, 9.17) is 14.3 Å². The number of hydrogen-bond acceptors (Lipinski definition) is 14. The largest absolute Gasteiger partial charge is 0.614 e. The first-order valence-corrected chi connectivity index (χ1v) is 16.9. The van der Waals surface area contributed by atoms with Crippen molar-refractivity contribution in [3.63, 3.8) is 0 Å². The molecule has 0 saturated carbocycles. The fourth-order valence-corrected chi connectivity index (χ4v) is 6.83. The zero-order valence-electron chi connectivity index (χ0n) is 27.9. The van der Waals surface area contributed by atoms with E-state index in [9.17, 15) is 23.7 Å². The van der Waals surface area contributed by atoms with Gasteiger partial charge in [0.1, 0.15) is 28.3 Å². The predicted molar refractivity (Wildman–Crippen MR) is 174 cm³/mol. The molecule has 0 aliphatic carbocycles. The molecule has 4 rings (SSSR count). The molecule has 2 aromatic rings. The zero-order chi connectivity index (χ0) is 35.1. The maximum atomic E-state index is 13.8. The first-order chi connectivity index (χ1) is 21.7. The summed E-state index contributed by atoms with van der Waals surface area (Å²) in [6, 6.07) is -1.20. The molecular weight excluding hydrogens is 653 g/mol. The Hall–Kier alpha value is -4.04. The number of fused-ring (bicyclic) bond motifs is 1. The van der Waals surface area contributed by atoms with Crippen molar-refractivity contribution in [2.75, 3.05) is 11.1 Å². The van der Waals surface area contributed by atoms with Crippen LogP contribution in [-0.2, 0) is 39.9 Å². The van der Waals surface area contributed by atoms with Crippen molar-refractivity contribution in [1.29, 1.82) is 0 Å². The maximum Gasteiger partial charge on any atom is 0.413 e. The van der Waals surface area contributed by atoms with Gasteiger partial charge in [-0.3, -0.25) is 19.8 Å². The summed E-state index contributed by atoms with van der Waals surface area (Å²) < 4.78 is 25.3. The van der Waals surface area contributed by atoms with Gasteiger partial charge in [0.2, 0.25) is 16.8 Å². The number of β-lactam (4-membered cyclic amide) rings is 1. The van der Waals surface area contributed by atoms with Gasteiger partial charge in [-0.15, -0.1) is 21.5 Å². The highest BCUT2D eigenvalue weighted by atomic mass is 32.2. The van der Waals surface area contributed by atoms with E-state index in [0.717, 1.165) is 16.9 Å². The summed E-state index contributed by atoms with van der Waals surface area (Å²) in [5.41, 5.74) is -2.55. The van der Waals surface area contributed by atoms with Gasteiger partial charge >= 0.3 is 12.1 Å². The molecule has 1 saturated heterocycles. The van der Waals surface area contributed by atoms with E-state index >= 15 is 0 Å². The number of thiazole rings is 1. The highest BCUT2D eigenvalue weighted by molar-refractivity contribution is 7.92. The Labute approximate surface area is 279 Å². The fraction of sp³-hybridized carbons (Fsp3) is 0.593. The third-order valence-electron chi connectivity index (χ3n) is 6.46. The van der Waals surface area contributed by atoms with Gasteiger partial charge in [0, 0.05) is 11.0 Å². The number of carbonyl (C=O) groups excluding carboxylic acids is 4. The molecule has 2 aliphatic heterocycles. The number of nitrogens with one attached hydrogen (secondary N) is 2. The molecule has 0 radical (unpaired) electrons. The maximum absolute atomic E-state index is 13.8. The average molecular weight is 692 g/mol. The third kappa shape index (κ3) is 8.28. The summed E-state index contributed by atoms with van der Waals surface area (Å²) in [5, 5.41) is 21.8. The monoisotopic (exact) mass is 691 g/mol. The van der Waals surface area contributed by atoms with Crippen LogP contribution in [0.1, 0.15) is 80.3 Å². The van der Waals surface area contributed by atoms with E-state index in [1.807, 2.05) is 6.92 Å². The van der Waals surface area contributed by atoms with Crippen LogP contribution in [0.15, 0.2) is 16.1 Å². The number of carbonyl (C=O) groups is 4. The van der Waals surface area contributed by atoms with Gasteiger partial charge in [-0.1, -0.05) is 17.3 Å². The molecule has 254 valence electrons. The summed E-state index contributed by atoms with van der Waals surface area (Å²) in [4.78, 5) is 63.6. The summed E-state index contributed by atoms with van der Waals surface area (Å²) in [6.45, 7) is 14.9. The molecule has 3 amide bonds. The Morgan fingerprint density at radius 3 is 2.38 bits per heavy atom. The van der Waals surface area contributed by atoms with Crippen molar-refractivity contribution in [3.05, 3.63) is 22.5 Å². The zero-order valence-corrected chi connectivity index (χ0v) is 29.5. The molecule has 2 aliphatic rings. The molecular formula is C27H38BN9O8S2. The number of ether oxygens (including phenoxy) is 2. The number of hydrogen-bond donors (Lipinski definition) is 2.